The van der Waals surface area contributed by atoms with Gasteiger partial charge in [-0.25, -0.2) is 0 Å². The van der Waals surface area contributed by atoms with Gasteiger partial charge in [-0.2, -0.15) is 22.0 Å². The molecule has 2 aromatic rings. The van der Waals surface area contributed by atoms with Gasteiger partial charge < -0.3 is 4.90 Å². The van der Waals surface area contributed by atoms with E-state index in [1.807, 2.05) is 0 Å². The fourth-order valence-corrected chi connectivity index (χ4v) is 5.05. The number of nitrogens with one attached hydrogen (secondary N) is 1. The fourth-order valence-electron chi connectivity index (χ4n) is 3.33. The topological polar surface area (TPSA) is 133 Å². The molecular formula is C14H21N9O3S. The molecule has 0 aromatic carbocycles. The third-order valence-electron chi connectivity index (χ3n) is 4.79. The van der Waals surface area contributed by atoms with Gasteiger partial charge in [-0.1, -0.05) is 0 Å². The number of nitrogens with zero attached hydrogens (tertiary/aromatic N) is 8. The van der Waals surface area contributed by atoms with Crippen LogP contribution in [0.1, 0.15) is 29.9 Å². The first-order valence-electron chi connectivity index (χ1n) is 8.87. The zero-order chi connectivity index (χ0) is 18.9. The smallest absolute Gasteiger partial charge is 0.291 e. The van der Waals surface area contributed by atoms with E-state index >= 15 is 0 Å². The van der Waals surface area contributed by atoms with Crippen LogP contribution in [0, 0.1) is 0 Å². The molecule has 0 radical (unpaired) electrons. The molecule has 2 saturated heterocycles. The maximum absolute atomic E-state index is 12.7. The molecule has 146 valence electrons. The van der Waals surface area contributed by atoms with Crippen LogP contribution in [-0.2, 0) is 10.2 Å². The molecule has 13 heteroatoms. The van der Waals surface area contributed by atoms with E-state index in [4.69, 9.17) is 0 Å². The lowest BCUT2D eigenvalue weighted by Gasteiger charge is -2.26. The SMILES string of the molecule is O=C(c1nc(-n2cnnc2)n[nH]1)N1CCCN(S(=O)(=O)N2CCCC2)CC1. The molecule has 1 amide bonds. The highest BCUT2D eigenvalue weighted by Crippen LogP contribution is 2.18. The molecule has 0 atom stereocenters. The van der Waals surface area contributed by atoms with Gasteiger partial charge in [0.2, 0.25) is 5.82 Å². The van der Waals surface area contributed by atoms with Crippen molar-refractivity contribution in [2.24, 2.45) is 0 Å². The number of rotatable bonds is 4. The van der Waals surface area contributed by atoms with Gasteiger partial charge in [0.05, 0.1) is 0 Å². The van der Waals surface area contributed by atoms with Crippen LogP contribution in [0.4, 0.5) is 0 Å². The third kappa shape index (κ3) is 3.57. The maximum atomic E-state index is 12.7. The van der Waals surface area contributed by atoms with Gasteiger partial charge in [0, 0.05) is 39.3 Å². The van der Waals surface area contributed by atoms with Crippen molar-refractivity contribution in [3.63, 3.8) is 0 Å². The van der Waals surface area contributed by atoms with Crippen molar-refractivity contribution in [1.29, 1.82) is 0 Å². The number of H-pyrrole nitrogens is 1. The highest BCUT2D eigenvalue weighted by atomic mass is 32.2. The summed E-state index contributed by atoms with van der Waals surface area (Å²) >= 11 is 0. The minimum atomic E-state index is -3.45. The summed E-state index contributed by atoms with van der Waals surface area (Å²) in [6.45, 7) is 2.61. The molecule has 0 aliphatic carbocycles. The molecule has 0 saturated carbocycles. The molecule has 1 N–H and O–H groups in total. The number of aromatic nitrogens is 6. The molecular weight excluding hydrogens is 374 g/mol. The number of carbonyl (C=O) groups excluding carboxylic acids is 1. The Labute approximate surface area is 156 Å². The third-order valence-corrected chi connectivity index (χ3v) is 6.82. The van der Waals surface area contributed by atoms with E-state index in [9.17, 15) is 13.2 Å². The van der Waals surface area contributed by atoms with Crippen molar-refractivity contribution in [1.82, 2.24) is 43.5 Å². The van der Waals surface area contributed by atoms with Crippen LogP contribution in [-0.4, -0.2) is 97.0 Å². The number of amides is 1. The summed E-state index contributed by atoms with van der Waals surface area (Å²) in [5.41, 5.74) is 0. The number of hydrogen-bond donors (Lipinski definition) is 1. The normalized spacial score (nSPS) is 20.1. The van der Waals surface area contributed by atoms with Crippen molar-refractivity contribution in [3.05, 3.63) is 18.5 Å². The Morgan fingerprint density at radius 1 is 0.926 bits per heavy atom. The summed E-state index contributed by atoms with van der Waals surface area (Å²) in [4.78, 5) is 18.5. The summed E-state index contributed by atoms with van der Waals surface area (Å²) in [6, 6.07) is 0. The van der Waals surface area contributed by atoms with Gasteiger partial charge in [-0.3, -0.25) is 14.5 Å². The predicted octanol–water partition coefficient (Wildman–Crippen LogP) is -1.13. The summed E-state index contributed by atoms with van der Waals surface area (Å²) in [5, 5.41) is 14.0. The molecule has 12 nitrogen and oxygen atoms in total. The average molecular weight is 395 g/mol. The van der Waals surface area contributed by atoms with Crippen LogP contribution < -0.4 is 0 Å². The molecule has 0 spiro atoms. The Hall–Kier alpha value is -2.38. The fraction of sp³-hybridized carbons (Fsp3) is 0.643. The van der Waals surface area contributed by atoms with E-state index in [-0.39, 0.29) is 24.2 Å². The summed E-state index contributed by atoms with van der Waals surface area (Å²) in [5.74, 6) is 0.0770. The number of carbonyl (C=O) groups is 1. The Morgan fingerprint density at radius 2 is 1.59 bits per heavy atom. The second-order valence-electron chi connectivity index (χ2n) is 6.51. The molecule has 27 heavy (non-hydrogen) atoms. The average Bonchev–Trinajstić information content (AvgIpc) is 3.40. The van der Waals surface area contributed by atoms with E-state index in [1.54, 1.807) is 4.90 Å². The van der Waals surface area contributed by atoms with E-state index in [0.29, 0.717) is 39.1 Å². The standard InChI is InChI=1S/C14H21N9O3S/c24-13(12-17-14(19-18-12)21-10-15-16-11-21)20-4-3-7-23(9-8-20)27(25,26)22-5-1-2-6-22/h10-11H,1-9H2,(H,17,18,19). The van der Waals surface area contributed by atoms with E-state index < -0.39 is 10.2 Å². The second-order valence-corrected chi connectivity index (χ2v) is 8.44. The predicted molar refractivity (Wildman–Crippen MR) is 93.1 cm³/mol. The Bertz CT molecular complexity index is 889. The van der Waals surface area contributed by atoms with Gasteiger partial charge in [0.25, 0.3) is 22.1 Å². The molecule has 2 aliphatic rings. The van der Waals surface area contributed by atoms with Crippen molar-refractivity contribution < 1.29 is 13.2 Å². The lowest BCUT2D eigenvalue weighted by Crippen LogP contribution is -2.44. The van der Waals surface area contributed by atoms with Gasteiger partial charge in [-0.05, 0) is 19.3 Å². The molecule has 4 rings (SSSR count). The van der Waals surface area contributed by atoms with Crippen LogP contribution in [0.15, 0.2) is 12.7 Å². The largest absolute Gasteiger partial charge is 0.335 e. The van der Waals surface area contributed by atoms with Crippen molar-refractivity contribution in [2.45, 2.75) is 19.3 Å². The quantitative estimate of drug-likeness (QED) is 0.693. The molecule has 2 fully saturated rings. The minimum Gasteiger partial charge on any atom is -0.335 e. The zero-order valence-electron chi connectivity index (χ0n) is 14.7. The lowest BCUT2D eigenvalue weighted by atomic mass is 10.4. The first kappa shape index (κ1) is 18.0. The van der Waals surface area contributed by atoms with Crippen LogP contribution in [0.25, 0.3) is 5.95 Å². The molecule has 0 unspecified atom stereocenters. The molecule has 0 bridgehead atoms. The number of aromatic amines is 1. The second kappa shape index (κ2) is 7.32. The number of hydrogen-bond acceptors (Lipinski definition) is 7. The first-order valence-corrected chi connectivity index (χ1v) is 10.3. The molecule has 2 aromatic heterocycles. The van der Waals surface area contributed by atoms with E-state index in [2.05, 4.69) is 25.4 Å². The van der Waals surface area contributed by atoms with Crippen molar-refractivity contribution >= 4 is 16.1 Å². The Kier molecular flexibility index (Phi) is 4.88. The molecule has 2 aliphatic heterocycles. The highest BCUT2D eigenvalue weighted by Gasteiger charge is 2.33. The van der Waals surface area contributed by atoms with Gasteiger partial charge >= 0.3 is 0 Å². The van der Waals surface area contributed by atoms with Crippen molar-refractivity contribution in [3.8, 4) is 5.95 Å². The Morgan fingerprint density at radius 3 is 2.33 bits per heavy atom. The monoisotopic (exact) mass is 395 g/mol. The van der Waals surface area contributed by atoms with E-state index in [1.165, 1.54) is 25.8 Å². The summed E-state index contributed by atoms with van der Waals surface area (Å²) in [7, 11) is -3.45. The minimum absolute atomic E-state index is 0.106. The molecule has 4 heterocycles. The van der Waals surface area contributed by atoms with Crippen LogP contribution >= 0.6 is 0 Å². The Balaban J connectivity index is 1.43. The summed E-state index contributed by atoms with van der Waals surface area (Å²) < 4.78 is 30.0. The van der Waals surface area contributed by atoms with E-state index in [0.717, 1.165) is 12.8 Å². The van der Waals surface area contributed by atoms with Gasteiger partial charge in [0.15, 0.2) is 0 Å². The van der Waals surface area contributed by atoms with Crippen LogP contribution in [0.3, 0.4) is 0 Å². The van der Waals surface area contributed by atoms with Gasteiger partial charge in [0.1, 0.15) is 12.7 Å². The highest BCUT2D eigenvalue weighted by molar-refractivity contribution is 7.86. The van der Waals surface area contributed by atoms with Crippen LogP contribution in [0.2, 0.25) is 0 Å². The van der Waals surface area contributed by atoms with Gasteiger partial charge in [-0.15, -0.1) is 15.3 Å². The lowest BCUT2D eigenvalue weighted by molar-refractivity contribution is 0.0752. The summed E-state index contributed by atoms with van der Waals surface area (Å²) in [6.07, 6.45) is 5.25. The van der Waals surface area contributed by atoms with Crippen molar-refractivity contribution in [2.75, 3.05) is 39.3 Å². The maximum Gasteiger partial charge on any atom is 0.291 e. The zero-order valence-corrected chi connectivity index (χ0v) is 15.5. The van der Waals surface area contributed by atoms with Crippen LogP contribution in [0.5, 0.6) is 0 Å². The first-order chi connectivity index (χ1) is 13.1.